The molecule has 0 radical (unpaired) electrons. The molecule has 4 nitrogen and oxygen atoms in total. The normalized spacial score (nSPS) is 12.6. The molecule has 0 saturated carbocycles. The van der Waals surface area contributed by atoms with E-state index in [1.807, 2.05) is 12.1 Å². The third-order valence-electron chi connectivity index (χ3n) is 2.90. The SMILES string of the molecule is COc1ccc(CC/C=C/C(C)(C)C)cc1.NCCCS(=O)O. The average Bonchev–Trinajstić information content (AvgIpc) is 2.50. The zero-order chi connectivity index (χ0) is 17.7. The van der Waals surface area contributed by atoms with E-state index in [0.29, 0.717) is 24.1 Å². The minimum Gasteiger partial charge on any atom is -0.497 e. The van der Waals surface area contributed by atoms with E-state index < -0.39 is 11.1 Å². The Bertz CT molecular complexity index is 464. The molecular formula is C18H31NO3S. The lowest BCUT2D eigenvalue weighted by Gasteiger charge is -2.10. The van der Waals surface area contributed by atoms with Crippen LogP contribution in [0, 0.1) is 5.41 Å². The molecule has 0 aromatic heterocycles. The molecule has 0 amide bonds. The van der Waals surface area contributed by atoms with E-state index in [0.717, 1.165) is 18.6 Å². The van der Waals surface area contributed by atoms with Crippen LogP contribution >= 0.6 is 0 Å². The van der Waals surface area contributed by atoms with Gasteiger partial charge in [-0.25, -0.2) is 4.21 Å². The van der Waals surface area contributed by atoms with Crippen LogP contribution in [0.5, 0.6) is 5.75 Å². The fourth-order valence-corrected chi connectivity index (χ4v) is 2.10. The fraction of sp³-hybridized carbons (Fsp3) is 0.556. The Morgan fingerprint density at radius 1 is 1.26 bits per heavy atom. The van der Waals surface area contributed by atoms with Crippen molar-refractivity contribution in [2.45, 2.75) is 40.0 Å². The summed E-state index contributed by atoms with van der Waals surface area (Å²) in [5.74, 6) is 1.23. The summed E-state index contributed by atoms with van der Waals surface area (Å²) in [5.41, 5.74) is 6.68. The number of hydrogen-bond donors (Lipinski definition) is 2. The van der Waals surface area contributed by atoms with Crippen molar-refractivity contribution in [3.8, 4) is 5.75 Å². The predicted molar refractivity (Wildman–Crippen MR) is 99.2 cm³/mol. The summed E-state index contributed by atoms with van der Waals surface area (Å²) in [6.07, 6.45) is 7.37. The molecule has 23 heavy (non-hydrogen) atoms. The quantitative estimate of drug-likeness (QED) is 0.584. The second kappa shape index (κ2) is 12.3. The number of rotatable bonds is 7. The van der Waals surface area contributed by atoms with Crippen molar-refractivity contribution >= 4 is 11.1 Å². The van der Waals surface area contributed by atoms with E-state index in [9.17, 15) is 4.21 Å². The van der Waals surface area contributed by atoms with E-state index in [1.165, 1.54) is 5.56 Å². The number of hydrogen-bond acceptors (Lipinski definition) is 3. The maximum absolute atomic E-state index is 9.81. The smallest absolute Gasteiger partial charge is 0.152 e. The number of ether oxygens (including phenoxy) is 1. The van der Waals surface area contributed by atoms with Gasteiger partial charge in [-0.3, -0.25) is 0 Å². The summed E-state index contributed by atoms with van der Waals surface area (Å²) in [4.78, 5) is 0. The molecule has 0 heterocycles. The third kappa shape index (κ3) is 14.2. The first kappa shape index (κ1) is 21.8. The molecule has 0 spiro atoms. The predicted octanol–water partition coefficient (Wildman–Crippen LogP) is 3.79. The Balaban J connectivity index is 0.000000585. The number of nitrogens with two attached hydrogens (primary N) is 1. The van der Waals surface area contributed by atoms with Gasteiger partial charge in [-0.15, -0.1) is 0 Å². The molecule has 0 bridgehead atoms. The van der Waals surface area contributed by atoms with Gasteiger partial charge in [0, 0.05) is 0 Å². The third-order valence-corrected chi connectivity index (χ3v) is 3.54. The summed E-state index contributed by atoms with van der Waals surface area (Å²) in [6, 6.07) is 8.29. The summed E-state index contributed by atoms with van der Waals surface area (Å²) in [7, 11) is 1.70. The largest absolute Gasteiger partial charge is 0.497 e. The van der Waals surface area contributed by atoms with Crippen LogP contribution in [0.2, 0.25) is 0 Å². The standard InChI is InChI=1S/C15H22O.C3H9NO2S/c1-15(2,3)12-6-5-7-13-8-10-14(16-4)11-9-13;4-2-1-3-7(5)6/h6,8-12H,5,7H2,1-4H3;1-4H2,(H,5,6)/b12-6+;. The Hall–Kier alpha value is -1.17. The highest BCUT2D eigenvalue weighted by atomic mass is 32.2. The van der Waals surface area contributed by atoms with Crippen LogP contribution in [0.3, 0.4) is 0 Å². The molecule has 0 aliphatic heterocycles. The van der Waals surface area contributed by atoms with Crippen molar-refractivity contribution < 1.29 is 13.5 Å². The summed E-state index contributed by atoms with van der Waals surface area (Å²) < 4.78 is 23.0. The van der Waals surface area contributed by atoms with Gasteiger partial charge in [-0.05, 0) is 48.9 Å². The molecular weight excluding hydrogens is 310 g/mol. The van der Waals surface area contributed by atoms with Gasteiger partial charge in [-0.1, -0.05) is 45.1 Å². The first-order valence-corrected chi connectivity index (χ1v) is 9.14. The van der Waals surface area contributed by atoms with E-state index in [1.54, 1.807) is 7.11 Å². The monoisotopic (exact) mass is 341 g/mol. The Morgan fingerprint density at radius 2 is 1.87 bits per heavy atom. The van der Waals surface area contributed by atoms with Gasteiger partial charge in [0.1, 0.15) is 5.75 Å². The minimum atomic E-state index is -1.65. The molecule has 1 aromatic rings. The van der Waals surface area contributed by atoms with Crippen LogP contribution in [0.4, 0.5) is 0 Å². The van der Waals surface area contributed by atoms with E-state index in [-0.39, 0.29) is 0 Å². The van der Waals surface area contributed by atoms with Crippen molar-refractivity contribution in [2.24, 2.45) is 11.1 Å². The molecule has 1 rings (SSSR count). The maximum atomic E-state index is 9.81. The van der Waals surface area contributed by atoms with Gasteiger partial charge in [0.15, 0.2) is 11.1 Å². The fourth-order valence-electron chi connectivity index (χ4n) is 1.69. The zero-order valence-corrected chi connectivity index (χ0v) is 15.6. The highest BCUT2D eigenvalue weighted by molar-refractivity contribution is 7.79. The molecule has 1 unspecified atom stereocenters. The van der Waals surface area contributed by atoms with Gasteiger partial charge >= 0.3 is 0 Å². The Labute approximate surface area is 143 Å². The second-order valence-corrected chi connectivity index (χ2v) is 7.37. The van der Waals surface area contributed by atoms with Crippen molar-refractivity contribution in [1.82, 2.24) is 0 Å². The molecule has 0 saturated heterocycles. The van der Waals surface area contributed by atoms with Crippen LogP contribution in [-0.4, -0.2) is 28.2 Å². The number of aryl methyl sites for hydroxylation is 1. The molecule has 132 valence electrons. The minimum absolute atomic E-state index is 0.292. The van der Waals surface area contributed by atoms with Crippen LogP contribution in [0.15, 0.2) is 36.4 Å². The van der Waals surface area contributed by atoms with Gasteiger partial charge in [0.25, 0.3) is 0 Å². The Morgan fingerprint density at radius 3 is 2.26 bits per heavy atom. The Kier molecular flexibility index (Phi) is 11.7. The molecule has 3 N–H and O–H groups in total. The molecule has 5 heteroatoms. The van der Waals surface area contributed by atoms with Gasteiger partial charge < -0.3 is 15.0 Å². The molecule has 0 fully saturated rings. The first-order valence-electron chi connectivity index (χ1n) is 7.86. The first-order chi connectivity index (χ1) is 10.8. The highest BCUT2D eigenvalue weighted by Gasteiger charge is 2.02. The van der Waals surface area contributed by atoms with E-state index >= 15 is 0 Å². The molecule has 0 aliphatic rings. The summed E-state index contributed by atoms with van der Waals surface area (Å²) >= 11 is -1.65. The molecule has 1 aromatic carbocycles. The topological polar surface area (TPSA) is 72.5 Å². The van der Waals surface area contributed by atoms with Crippen molar-refractivity contribution in [3.05, 3.63) is 42.0 Å². The lowest BCUT2D eigenvalue weighted by Crippen LogP contribution is -2.04. The lowest BCUT2D eigenvalue weighted by molar-refractivity contribution is 0.414. The van der Waals surface area contributed by atoms with Crippen molar-refractivity contribution in [3.63, 3.8) is 0 Å². The van der Waals surface area contributed by atoms with Crippen LogP contribution in [0.1, 0.15) is 39.2 Å². The molecule has 1 atom stereocenters. The summed E-state index contributed by atoms with van der Waals surface area (Å²) in [6.45, 7) is 7.15. The van der Waals surface area contributed by atoms with Crippen molar-refractivity contribution in [2.75, 3.05) is 19.4 Å². The maximum Gasteiger partial charge on any atom is 0.152 e. The second-order valence-electron chi connectivity index (χ2n) is 6.32. The van der Waals surface area contributed by atoms with Crippen LogP contribution < -0.4 is 10.5 Å². The van der Waals surface area contributed by atoms with Gasteiger partial charge in [0.2, 0.25) is 0 Å². The van der Waals surface area contributed by atoms with Crippen molar-refractivity contribution in [1.29, 1.82) is 0 Å². The van der Waals surface area contributed by atoms with Gasteiger partial charge in [-0.2, -0.15) is 0 Å². The summed E-state index contributed by atoms with van der Waals surface area (Å²) in [5, 5.41) is 0. The highest BCUT2D eigenvalue weighted by Crippen LogP contribution is 2.16. The van der Waals surface area contributed by atoms with Gasteiger partial charge in [0.05, 0.1) is 12.9 Å². The van der Waals surface area contributed by atoms with E-state index in [2.05, 4.69) is 45.1 Å². The van der Waals surface area contributed by atoms with Crippen LogP contribution in [-0.2, 0) is 17.5 Å². The number of benzene rings is 1. The zero-order valence-electron chi connectivity index (χ0n) is 14.7. The number of methoxy groups -OCH3 is 1. The van der Waals surface area contributed by atoms with E-state index in [4.69, 9.17) is 15.0 Å². The lowest BCUT2D eigenvalue weighted by atomic mass is 9.95. The number of allylic oxidation sites excluding steroid dienone is 2. The molecule has 0 aliphatic carbocycles. The van der Waals surface area contributed by atoms with Crippen LogP contribution in [0.25, 0.3) is 0 Å². The average molecular weight is 342 g/mol.